The standard InChI is InChI=1S/C25H26FNO4S/c1-3-30-10-11-31-25(29)22-15(2)27-19-13-17(21-5-4-12-32-21)14-20(28)24(19)23(22)16-6-8-18(26)9-7-16/h4-9,12,17,23,27H,3,10-11,13-14H2,1-2H3/t17-,23+/m0/s1. The fourth-order valence-corrected chi connectivity index (χ4v) is 5.27. The maximum Gasteiger partial charge on any atom is 0.336 e. The zero-order valence-electron chi connectivity index (χ0n) is 18.2. The van der Waals surface area contributed by atoms with E-state index in [9.17, 15) is 14.0 Å². The number of esters is 1. The molecule has 0 saturated carbocycles. The minimum atomic E-state index is -0.594. The highest BCUT2D eigenvalue weighted by Gasteiger charge is 2.41. The number of rotatable bonds is 7. The van der Waals surface area contributed by atoms with E-state index in [2.05, 4.69) is 11.4 Å². The number of halogens is 1. The predicted molar refractivity (Wildman–Crippen MR) is 121 cm³/mol. The highest BCUT2D eigenvalue weighted by Crippen LogP contribution is 2.46. The molecule has 1 aromatic heterocycles. The number of ketones is 1. The van der Waals surface area contributed by atoms with Crippen molar-refractivity contribution in [3.8, 4) is 0 Å². The first-order chi connectivity index (χ1) is 15.5. The normalized spacial score (nSPS) is 20.8. The smallest absolute Gasteiger partial charge is 0.336 e. The van der Waals surface area contributed by atoms with Crippen LogP contribution in [0.5, 0.6) is 0 Å². The third kappa shape index (κ3) is 4.54. The molecule has 0 radical (unpaired) electrons. The van der Waals surface area contributed by atoms with Crippen molar-refractivity contribution in [3.63, 3.8) is 0 Å². The number of nitrogens with one attached hydrogen (secondary N) is 1. The van der Waals surface area contributed by atoms with Crippen LogP contribution in [0, 0.1) is 5.82 Å². The summed E-state index contributed by atoms with van der Waals surface area (Å²) in [5, 5.41) is 5.34. The zero-order chi connectivity index (χ0) is 22.7. The first kappa shape index (κ1) is 22.4. The molecule has 0 saturated heterocycles. The Morgan fingerprint density at radius 3 is 2.66 bits per heavy atom. The molecule has 168 valence electrons. The van der Waals surface area contributed by atoms with Gasteiger partial charge in [-0.1, -0.05) is 18.2 Å². The van der Waals surface area contributed by atoms with Crippen LogP contribution < -0.4 is 5.32 Å². The number of thiophene rings is 1. The summed E-state index contributed by atoms with van der Waals surface area (Å²) in [4.78, 5) is 27.6. The molecule has 2 aromatic rings. The molecule has 0 bridgehead atoms. The van der Waals surface area contributed by atoms with Crippen LogP contribution in [0.2, 0.25) is 0 Å². The fourth-order valence-electron chi connectivity index (χ4n) is 4.44. The van der Waals surface area contributed by atoms with E-state index in [1.165, 1.54) is 17.0 Å². The first-order valence-corrected chi connectivity index (χ1v) is 11.6. The SMILES string of the molecule is CCOCCOC(=O)C1=C(C)NC2=C(C(=O)C[C@@H](c3cccs3)C2)[C@@H]1c1ccc(F)cc1. The molecule has 2 aliphatic rings. The summed E-state index contributed by atoms with van der Waals surface area (Å²) in [5.41, 5.74) is 3.14. The van der Waals surface area contributed by atoms with Crippen LogP contribution in [-0.2, 0) is 19.1 Å². The third-order valence-corrected chi connectivity index (χ3v) is 6.90. The van der Waals surface area contributed by atoms with E-state index in [1.807, 2.05) is 25.3 Å². The van der Waals surface area contributed by atoms with Crippen LogP contribution in [0.4, 0.5) is 4.39 Å². The number of carbonyl (C=O) groups is 2. The molecule has 4 rings (SSSR count). The van der Waals surface area contributed by atoms with Gasteiger partial charge in [-0.3, -0.25) is 4.79 Å². The Morgan fingerprint density at radius 1 is 1.19 bits per heavy atom. The van der Waals surface area contributed by atoms with Crippen molar-refractivity contribution in [2.45, 2.75) is 38.5 Å². The lowest BCUT2D eigenvalue weighted by atomic mass is 9.72. The molecule has 7 heteroatoms. The van der Waals surface area contributed by atoms with Crippen molar-refractivity contribution in [1.29, 1.82) is 0 Å². The minimum absolute atomic E-state index is 0.00130. The Labute approximate surface area is 190 Å². The van der Waals surface area contributed by atoms with Gasteiger partial charge in [0.1, 0.15) is 12.4 Å². The van der Waals surface area contributed by atoms with Gasteiger partial charge in [-0.25, -0.2) is 9.18 Å². The van der Waals surface area contributed by atoms with Crippen LogP contribution in [0.1, 0.15) is 49.0 Å². The lowest BCUT2D eigenvalue weighted by Crippen LogP contribution is -2.36. The molecule has 2 heterocycles. The third-order valence-electron chi connectivity index (χ3n) is 5.86. The molecular formula is C25H26FNO4S. The first-order valence-electron chi connectivity index (χ1n) is 10.8. The molecule has 0 fully saturated rings. The second-order valence-corrected chi connectivity index (χ2v) is 8.90. The molecule has 2 atom stereocenters. The number of carbonyl (C=O) groups excluding carboxylic acids is 2. The van der Waals surface area contributed by atoms with Gasteiger partial charge in [-0.05, 0) is 49.4 Å². The summed E-state index contributed by atoms with van der Waals surface area (Å²) >= 11 is 1.65. The van der Waals surface area contributed by atoms with E-state index in [0.29, 0.717) is 48.5 Å². The van der Waals surface area contributed by atoms with E-state index >= 15 is 0 Å². The van der Waals surface area contributed by atoms with Gasteiger partial charge < -0.3 is 14.8 Å². The lowest BCUT2D eigenvalue weighted by molar-refractivity contribution is -0.140. The highest BCUT2D eigenvalue weighted by molar-refractivity contribution is 7.10. The molecule has 0 amide bonds. The number of dihydropyridines is 1. The Balaban J connectivity index is 1.70. The molecule has 0 unspecified atom stereocenters. The molecule has 5 nitrogen and oxygen atoms in total. The zero-order valence-corrected chi connectivity index (χ0v) is 19.0. The lowest BCUT2D eigenvalue weighted by Gasteiger charge is -2.36. The van der Waals surface area contributed by atoms with Crippen LogP contribution in [0.15, 0.2) is 64.3 Å². The van der Waals surface area contributed by atoms with Gasteiger partial charge in [0, 0.05) is 46.7 Å². The summed E-state index contributed by atoms with van der Waals surface area (Å²) < 4.78 is 24.4. The van der Waals surface area contributed by atoms with Crippen LogP contribution in [0.25, 0.3) is 0 Å². The average molecular weight is 456 g/mol. The molecule has 1 N–H and O–H groups in total. The predicted octanol–water partition coefficient (Wildman–Crippen LogP) is 4.83. The molecule has 1 aliphatic heterocycles. The summed E-state index contributed by atoms with van der Waals surface area (Å²) in [6.07, 6.45) is 1.06. The Bertz CT molecular complexity index is 1060. The maximum absolute atomic E-state index is 13.6. The Morgan fingerprint density at radius 2 is 1.97 bits per heavy atom. The highest BCUT2D eigenvalue weighted by atomic mass is 32.1. The fraction of sp³-hybridized carbons (Fsp3) is 0.360. The van der Waals surface area contributed by atoms with Gasteiger partial charge in [0.15, 0.2) is 5.78 Å². The van der Waals surface area contributed by atoms with Crippen molar-refractivity contribution in [2.24, 2.45) is 0 Å². The van der Waals surface area contributed by atoms with Crippen molar-refractivity contribution in [2.75, 3.05) is 19.8 Å². The summed E-state index contributed by atoms with van der Waals surface area (Å²) in [6.45, 7) is 4.66. The second kappa shape index (κ2) is 9.79. The van der Waals surface area contributed by atoms with Gasteiger partial charge in [0.2, 0.25) is 0 Å². The molecule has 1 aliphatic carbocycles. The topological polar surface area (TPSA) is 64.6 Å². The number of ether oxygens (including phenoxy) is 2. The van der Waals surface area contributed by atoms with E-state index in [4.69, 9.17) is 9.47 Å². The van der Waals surface area contributed by atoms with Gasteiger partial charge in [-0.2, -0.15) is 0 Å². The van der Waals surface area contributed by atoms with Gasteiger partial charge in [0.05, 0.1) is 12.2 Å². The molecular weight excluding hydrogens is 429 g/mol. The van der Waals surface area contributed by atoms with Crippen molar-refractivity contribution in [3.05, 3.63) is 80.6 Å². The number of allylic oxidation sites excluding steroid dienone is 3. The maximum atomic E-state index is 13.6. The molecule has 0 spiro atoms. The van der Waals surface area contributed by atoms with E-state index < -0.39 is 11.9 Å². The quantitative estimate of drug-likeness (QED) is 0.479. The monoisotopic (exact) mass is 455 g/mol. The molecule has 1 aromatic carbocycles. The summed E-state index contributed by atoms with van der Waals surface area (Å²) in [5.74, 6) is -1.35. The Hall–Kier alpha value is -2.77. The van der Waals surface area contributed by atoms with Gasteiger partial charge in [-0.15, -0.1) is 11.3 Å². The van der Waals surface area contributed by atoms with Crippen molar-refractivity contribution >= 4 is 23.1 Å². The number of benzene rings is 1. The van der Waals surface area contributed by atoms with Crippen LogP contribution in [-0.4, -0.2) is 31.6 Å². The van der Waals surface area contributed by atoms with Crippen molar-refractivity contribution in [1.82, 2.24) is 5.32 Å². The van der Waals surface area contributed by atoms with Crippen LogP contribution in [0.3, 0.4) is 0 Å². The number of hydrogen-bond acceptors (Lipinski definition) is 6. The van der Waals surface area contributed by atoms with Gasteiger partial charge >= 0.3 is 5.97 Å². The van der Waals surface area contributed by atoms with E-state index in [1.54, 1.807) is 23.5 Å². The van der Waals surface area contributed by atoms with E-state index in [0.717, 1.165) is 5.70 Å². The minimum Gasteiger partial charge on any atom is -0.460 e. The average Bonchev–Trinajstić information content (AvgIpc) is 3.31. The number of Topliss-reactive ketones (excluding diaryl/α,β-unsaturated/α-hetero) is 1. The summed E-state index contributed by atoms with van der Waals surface area (Å²) in [7, 11) is 0. The Kier molecular flexibility index (Phi) is 6.86. The van der Waals surface area contributed by atoms with Crippen LogP contribution >= 0.6 is 11.3 Å². The summed E-state index contributed by atoms with van der Waals surface area (Å²) in [6, 6.07) is 10.0. The molecule has 32 heavy (non-hydrogen) atoms. The number of hydrogen-bond donors (Lipinski definition) is 1. The van der Waals surface area contributed by atoms with Gasteiger partial charge in [0.25, 0.3) is 0 Å². The van der Waals surface area contributed by atoms with E-state index in [-0.39, 0.29) is 24.1 Å². The second-order valence-electron chi connectivity index (χ2n) is 7.92. The largest absolute Gasteiger partial charge is 0.460 e. The van der Waals surface area contributed by atoms with Crippen molar-refractivity contribution < 1.29 is 23.5 Å².